The molecule has 0 saturated heterocycles. The summed E-state index contributed by atoms with van der Waals surface area (Å²) in [7, 11) is 0. The van der Waals surface area contributed by atoms with Gasteiger partial charge in [0, 0.05) is 10.9 Å². The van der Waals surface area contributed by atoms with E-state index in [9.17, 15) is 9.59 Å². The Balaban J connectivity index is 2.36. The average molecular weight is 278 g/mol. The van der Waals surface area contributed by atoms with E-state index in [0.29, 0.717) is 21.5 Å². The first-order valence-electron chi connectivity index (χ1n) is 5.61. The van der Waals surface area contributed by atoms with Crippen LogP contribution >= 0.6 is 11.3 Å². The van der Waals surface area contributed by atoms with Crippen LogP contribution in [0.2, 0.25) is 0 Å². The minimum Gasteiger partial charge on any atom is -0.464 e. The standard InChI is InChI=1S/C12H10N2O4S/c15-4-3-14-11(16)9-7(8-2-1-5-18-8)6-19-10(9)13-12(14)17/h1-2,5-6,15H,3-4H2,(H,13,17). The van der Waals surface area contributed by atoms with E-state index >= 15 is 0 Å². The van der Waals surface area contributed by atoms with Crippen molar-refractivity contribution in [2.24, 2.45) is 0 Å². The van der Waals surface area contributed by atoms with E-state index in [2.05, 4.69) is 4.98 Å². The number of thiophene rings is 1. The van der Waals surface area contributed by atoms with E-state index in [4.69, 9.17) is 9.52 Å². The van der Waals surface area contributed by atoms with Crippen LogP contribution in [0.15, 0.2) is 37.8 Å². The molecule has 0 saturated carbocycles. The number of fused-ring (bicyclic) bond motifs is 1. The van der Waals surface area contributed by atoms with Gasteiger partial charge < -0.3 is 9.52 Å². The molecule has 3 aromatic heterocycles. The van der Waals surface area contributed by atoms with E-state index in [1.165, 1.54) is 17.6 Å². The van der Waals surface area contributed by atoms with Gasteiger partial charge in [-0.2, -0.15) is 0 Å². The normalized spacial score (nSPS) is 11.2. The summed E-state index contributed by atoms with van der Waals surface area (Å²) in [6.45, 7) is -0.299. The van der Waals surface area contributed by atoms with E-state index in [1.54, 1.807) is 17.5 Å². The summed E-state index contributed by atoms with van der Waals surface area (Å²) in [5, 5.41) is 11.1. The zero-order chi connectivity index (χ0) is 13.4. The van der Waals surface area contributed by atoms with E-state index in [0.717, 1.165) is 4.57 Å². The number of hydrogen-bond donors (Lipinski definition) is 2. The Hall–Kier alpha value is -2.12. The second kappa shape index (κ2) is 4.52. The van der Waals surface area contributed by atoms with E-state index in [-0.39, 0.29) is 13.2 Å². The molecule has 0 spiro atoms. The molecule has 0 atom stereocenters. The molecule has 3 heterocycles. The maximum atomic E-state index is 12.3. The monoisotopic (exact) mass is 278 g/mol. The molecule has 98 valence electrons. The Kier molecular flexibility index (Phi) is 2.84. The number of hydrogen-bond acceptors (Lipinski definition) is 5. The molecular formula is C12H10N2O4S. The van der Waals surface area contributed by atoms with Gasteiger partial charge in [-0.1, -0.05) is 0 Å². The molecule has 0 bridgehead atoms. The van der Waals surface area contributed by atoms with Gasteiger partial charge in [0.15, 0.2) is 0 Å². The largest absolute Gasteiger partial charge is 0.464 e. The van der Waals surface area contributed by atoms with E-state index in [1.807, 2.05) is 0 Å². The number of nitrogens with zero attached hydrogens (tertiary/aromatic N) is 1. The average Bonchev–Trinajstić information content (AvgIpc) is 3.02. The predicted octanol–water partition coefficient (Wildman–Crippen LogP) is 1.00. The van der Waals surface area contributed by atoms with Crippen LogP contribution in [0.25, 0.3) is 21.5 Å². The van der Waals surface area contributed by atoms with Gasteiger partial charge in [-0.25, -0.2) is 4.79 Å². The van der Waals surface area contributed by atoms with Crippen LogP contribution < -0.4 is 11.2 Å². The third kappa shape index (κ3) is 1.83. The summed E-state index contributed by atoms with van der Waals surface area (Å²) in [6, 6.07) is 3.49. The number of furan rings is 1. The number of H-pyrrole nitrogens is 1. The molecule has 6 nitrogen and oxygen atoms in total. The first-order chi connectivity index (χ1) is 9.22. The summed E-state index contributed by atoms with van der Waals surface area (Å²) in [6.07, 6.45) is 1.52. The number of aliphatic hydroxyl groups excluding tert-OH is 1. The van der Waals surface area contributed by atoms with Crippen molar-refractivity contribution in [3.63, 3.8) is 0 Å². The maximum Gasteiger partial charge on any atom is 0.329 e. The summed E-state index contributed by atoms with van der Waals surface area (Å²) in [5.74, 6) is 0.575. The van der Waals surface area contributed by atoms with Crippen LogP contribution in [0.1, 0.15) is 0 Å². The van der Waals surface area contributed by atoms with Crippen LogP contribution in [-0.2, 0) is 6.54 Å². The Morgan fingerprint density at radius 1 is 1.42 bits per heavy atom. The molecule has 0 aliphatic carbocycles. The molecule has 19 heavy (non-hydrogen) atoms. The SMILES string of the molecule is O=c1[nH]c2scc(-c3ccco3)c2c(=O)n1CCO. The highest BCUT2D eigenvalue weighted by Crippen LogP contribution is 2.30. The van der Waals surface area contributed by atoms with Crippen molar-refractivity contribution >= 4 is 21.6 Å². The lowest BCUT2D eigenvalue weighted by molar-refractivity contribution is 0.272. The minimum atomic E-state index is -0.514. The van der Waals surface area contributed by atoms with Gasteiger partial charge in [0.1, 0.15) is 10.6 Å². The summed E-state index contributed by atoms with van der Waals surface area (Å²) in [5.41, 5.74) is -0.280. The Labute approximate surface area is 110 Å². The summed E-state index contributed by atoms with van der Waals surface area (Å²) >= 11 is 1.28. The first-order valence-corrected chi connectivity index (χ1v) is 6.49. The molecule has 0 fully saturated rings. The van der Waals surface area contributed by atoms with Gasteiger partial charge in [0.2, 0.25) is 0 Å². The van der Waals surface area contributed by atoms with Crippen molar-refractivity contribution in [1.29, 1.82) is 0 Å². The number of aliphatic hydroxyl groups is 1. The van der Waals surface area contributed by atoms with Crippen LogP contribution in [-0.4, -0.2) is 21.3 Å². The lowest BCUT2D eigenvalue weighted by atomic mass is 10.2. The van der Waals surface area contributed by atoms with Gasteiger partial charge in [-0.05, 0) is 12.1 Å². The van der Waals surface area contributed by atoms with Crippen LogP contribution in [0.5, 0.6) is 0 Å². The van der Waals surface area contributed by atoms with Crippen molar-refractivity contribution in [2.75, 3.05) is 6.61 Å². The second-order valence-corrected chi connectivity index (χ2v) is 4.82. The van der Waals surface area contributed by atoms with Crippen molar-refractivity contribution in [3.8, 4) is 11.3 Å². The van der Waals surface area contributed by atoms with Crippen molar-refractivity contribution in [3.05, 3.63) is 44.6 Å². The Morgan fingerprint density at radius 2 is 2.26 bits per heavy atom. The Bertz CT molecular complexity index is 826. The lowest BCUT2D eigenvalue weighted by Gasteiger charge is -2.02. The second-order valence-electron chi connectivity index (χ2n) is 3.94. The van der Waals surface area contributed by atoms with Gasteiger partial charge in [0.05, 0.1) is 24.8 Å². The maximum absolute atomic E-state index is 12.3. The van der Waals surface area contributed by atoms with Gasteiger partial charge in [-0.15, -0.1) is 11.3 Å². The fraction of sp³-hybridized carbons (Fsp3) is 0.167. The van der Waals surface area contributed by atoms with Gasteiger partial charge in [0.25, 0.3) is 5.56 Å². The van der Waals surface area contributed by atoms with Crippen molar-refractivity contribution in [1.82, 2.24) is 9.55 Å². The van der Waals surface area contributed by atoms with Crippen molar-refractivity contribution < 1.29 is 9.52 Å². The topological polar surface area (TPSA) is 88.2 Å². The zero-order valence-electron chi connectivity index (χ0n) is 9.75. The predicted molar refractivity (Wildman–Crippen MR) is 71.5 cm³/mol. The van der Waals surface area contributed by atoms with Crippen LogP contribution in [0, 0.1) is 0 Å². The van der Waals surface area contributed by atoms with Crippen LogP contribution in [0.4, 0.5) is 0 Å². The highest BCUT2D eigenvalue weighted by Gasteiger charge is 2.15. The number of aromatic amines is 1. The van der Waals surface area contributed by atoms with Crippen LogP contribution in [0.3, 0.4) is 0 Å². The Morgan fingerprint density at radius 3 is 2.95 bits per heavy atom. The number of aromatic nitrogens is 2. The zero-order valence-corrected chi connectivity index (χ0v) is 10.6. The highest BCUT2D eigenvalue weighted by atomic mass is 32.1. The quantitative estimate of drug-likeness (QED) is 0.748. The molecular weight excluding hydrogens is 268 g/mol. The molecule has 0 amide bonds. The fourth-order valence-corrected chi connectivity index (χ4v) is 2.90. The third-order valence-electron chi connectivity index (χ3n) is 2.83. The third-order valence-corrected chi connectivity index (χ3v) is 3.72. The molecule has 3 aromatic rings. The minimum absolute atomic E-state index is 0.0302. The number of rotatable bonds is 3. The van der Waals surface area contributed by atoms with E-state index < -0.39 is 11.2 Å². The molecule has 0 radical (unpaired) electrons. The fourth-order valence-electron chi connectivity index (χ4n) is 1.97. The smallest absolute Gasteiger partial charge is 0.329 e. The number of nitrogens with one attached hydrogen (secondary N) is 1. The van der Waals surface area contributed by atoms with Gasteiger partial charge in [-0.3, -0.25) is 14.3 Å². The summed E-state index contributed by atoms with van der Waals surface area (Å²) < 4.78 is 6.28. The lowest BCUT2D eigenvalue weighted by Crippen LogP contribution is -2.35. The first kappa shape index (κ1) is 11.9. The highest BCUT2D eigenvalue weighted by molar-refractivity contribution is 7.17. The van der Waals surface area contributed by atoms with Crippen molar-refractivity contribution in [2.45, 2.75) is 6.54 Å². The van der Waals surface area contributed by atoms with Gasteiger partial charge >= 0.3 is 5.69 Å². The summed E-state index contributed by atoms with van der Waals surface area (Å²) in [4.78, 5) is 27.2. The molecule has 3 rings (SSSR count). The molecule has 2 N–H and O–H groups in total. The molecule has 0 aromatic carbocycles. The molecule has 0 aliphatic rings. The molecule has 7 heteroatoms. The molecule has 0 aliphatic heterocycles. The molecule has 0 unspecified atom stereocenters.